The van der Waals surface area contributed by atoms with E-state index in [0.29, 0.717) is 0 Å². The Hall–Kier alpha value is -2.31. The SMILES string of the molecule is O=[PH]1Oc2c(Cc3ccccc3)cccc2-c2ccccc21. The molecule has 0 amide bonds. The number of benzene rings is 3. The van der Waals surface area contributed by atoms with Crippen molar-refractivity contribution in [3.05, 3.63) is 83.9 Å². The maximum absolute atomic E-state index is 12.4. The quantitative estimate of drug-likeness (QED) is 0.654. The fourth-order valence-electron chi connectivity index (χ4n) is 2.92. The number of para-hydroxylation sites is 1. The van der Waals surface area contributed by atoms with E-state index in [1.807, 2.05) is 54.6 Å². The van der Waals surface area contributed by atoms with Crippen molar-refractivity contribution in [1.82, 2.24) is 0 Å². The summed E-state index contributed by atoms with van der Waals surface area (Å²) in [6.07, 6.45) is 0.779. The molecule has 1 aliphatic rings. The predicted octanol–water partition coefficient (Wildman–Crippen LogP) is 4.44. The number of fused-ring (bicyclic) bond motifs is 3. The third kappa shape index (κ3) is 2.26. The Kier molecular flexibility index (Phi) is 3.32. The molecule has 108 valence electrons. The van der Waals surface area contributed by atoms with Gasteiger partial charge in [0, 0.05) is 12.0 Å². The van der Waals surface area contributed by atoms with Crippen molar-refractivity contribution in [1.29, 1.82) is 0 Å². The number of hydrogen-bond acceptors (Lipinski definition) is 2. The van der Waals surface area contributed by atoms with Crippen LogP contribution in [0.4, 0.5) is 0 Å². The van der Waals surface area contributed by atoms with Crippen molar-refractivity contribution in [2.75, 3.05) is 0 Å². The molecule has 3 heteroatoms. The smallest absolute Gasteiger partial charge is 0.266 e. The van der Waals surface area contributed by atoms with E-state index in [9.17, 15) is 4.57 Å². The van der Waals surface area contributed by atoms with Crippen LogP contribution in [0.3, 0.4) is 0 Å². The minimum absolute atomic E-state index is 0.772. The largest absolute Gasteiger partial charge is 0.441 e. The van der Waals surface area contributed by atoms with Crippen LogP contribution in [-0.2, 0) is 11.0 Å². The molecule has 0 saturated carbocycles. The lowest BCUT2D eigenvalue weighted by molar-refractivity contribution is 0.511. The summed E-state index contributed by atoms with van der Waals surface area (Å²) in [7, 11) is -2.23. The van der Waals surface area contributed by atoms with Gasteiger partial charge in [-0.3, -0.25) is 4.57 Å². The maximum Gasteiger partial charge on any atom is 0.266 e. The van der Waals surface area contributed by atoms with Gasteiger partial charge in [-0.15, -0.1) is 0 Å². The van der Waals surface area contributed by atoms with Crippen molar-refractivity contribution >= 4 is 13.3 Å². The van der Waals surface area contributed by atoms with Gasteiger partial charge >= 0.3 is 0 Å². The lowest BCUT2D eigenvalue weighted by Crippen LogP contribution is -2.11. The van der Waals surface area contributed by atoms with Gasteiger partial charge in [-0.2, -0.15) is 0 Å². The van der Waals surface area contributed by atoms with E-state index in [1.165, 1.54) is 5.56 Å². The third-order valence-electron chi connectivity index (χ3n) is 3.97. The summed E-state index contributed by atoms with van der Waals surface area (Å²) in [5.41, 5.74) is 4.37. The van der Waals surface area contributed by atoms with Crippen molar-refractivity contribution in [2.24, 2.45) is 0 Å². The molecule has 0 saturated heterocycles. The van der Waals surface area contributed by atoms with Gasteiger partial charge in [0.05, 0.1) is 5.30 Å². The molecule has 1 unspecified atom stereocenters. The Labute approximate surface area is 130 Å². The van der Waals surface area contributed by atoms with E-state index in [4.69, 9.17) is 4.52 Å². The fraction of sp³-hybridized carbons (Fsp3) is 0.0526. The first-order valence-electron chi connectivity index (χ1n) is 7.30. The summed E-state index contributed by atoms with van der Waals surface area (Å²) in [6, 6.07) is 24.2. The predicted molar refractivity (Wildman–Crippen MR) is 90.4 cm³/mol. The van der Waals surface area contributed by atoms with Crippen LogP contribution >= 0.6 is 8.03 Å². The molecule has 0 aliphatic carbocycles. The highest BCUT2D eigenvalue weighted by atomic mass is 31.1. The first-order chi connectivity index (χ1) is 10.8. The molecule has 3 aromatic rings. The second-order valence-electron chi connectivity index (χ2n) is 5.39. The molecule has 1 heterocycles. The van der Waals surface area contributed by atoms with Gasteiger partial charge in [0.1, 0.15) is 5.75 Å². The van der Waals surface area contributed by atoms with Crippen LogP contribution in [-0.4, -0.2) is 0 Å². The Morgan fingerprint density at radius 1 is 0.773 bits per heavy atom. The molecular weight excluding hydrogens is 291 g/mol. The topological polar surface area (TPSA) is 26.3 Å². The van der Waals surface area contributed by atoms with Gasteiger partial charge < -0.3 is 4.52 Å². The van der Waals surface area contributed by atoms with Gasteiger partial charge in [0.15, 0.2) is 0 Å². The van der Waals surface area contributed by atoms with Crippen LogP contribution in [0, 0.1) is 0 Å². The van der Waals surface area contributed by atoms with Crippen LogP contribution in [0.2, 0.25) is 0 Å². The van der Waals surface area contributed by atoms with Crippen molar-refractivity contribution < 1.29 is 9.09 Å². The molecule has 0 bridgehead atoms. The molecule has 4 rings (SSSR count). The zero-order valence-corrected chi connectivity index (χ0v) is 13.0. The van der Waals surface area contributed by atoms with Crippen molar-refractivity contribution in [3.63, 3.8) is 0 Å². The highest BCUT2D eigenvalue weighted by molar-refractivity contribution is 7.49. The highest BCUT2D eigenvalue weighted by Crippen LogP contribution is 2.44. The molecule has 0 N–H and O–H groups in total. The van der Waals surface area contributed by atoms with Crippen LogP contribution < -0.4 is 9.83 Å². The molecule has 0 fully saturated rings. The molecule has 22 heavy (non-hydrogen) atoms. The second-order valence-corrected chi connectivity index (χ2v) is 6.71. The second kappa shape index (κ2) is 5.47. The monoisotopic (exact) mass is 306 g/mol. The summed E-state index contributed by atoms with van der Waals surface area (Å²) in [5.74, 6) is 0.772. The van der Waals surface area contributed by atoms with Gasteiger partial charge in [-0.1, -0.05) is 66.7 Å². The van der Waals surface area contributed by atoms with Crippen LogP contribution in [0.5, 0.6) is 5.75 Å². The van der Waals surface area contributed by atoms with E-state index >= 15 is 0 Å². The summed E-state index contributed by atoms with van der Waals surface area (Å²) < 4.78 is 18.2. The van der Waals surface area contributed by atoms with Gasteiger partial charge in [-0.25, -0.2) is 0 Å². The van der Waals surface area contributed by atoms with Gasteiger partial charge in [0.2, 0.25) is 0 Å². The number of rotatable bonds is 2. The lowest BCUT2D eigenvalue weighted by atomic mass is 9.97. The fourth-order valence-corrected chi connectivity index (χ4v) is 4.12. The highest BCUT2D eigenvalue weighted by Gasteiger charge is 2.24. The summed E-state index contributed by atoms with van der Waals surface area (Å²) in [4.78, 5) is 0. The Morgan fingerprint density at radius 2 is 1.50 bits per heavy atom. The summed E-state index contributed by atoms with van der Waals surface area (Å²) >= 11 is 0. The Morgan fingerprint density at radius 3 is 2.36 bits per heavy atom. The maximum atomic E-state index is 12.4. The van der Waals surface area contributed by atoms with Crippen molar-refractivity contribution in [3.8, 4) is 16.9 Å². The Bertz CT molecular complexity index is 856. The van der Waals surface area contributed by atoms with Crippen LogP contribution in [0.25, 0.3) is 11.1 Å². The van der Waals surface area contributed by atoms with Crippen molar-refractivity contribution in [2.45, 2.75) is 6.42 Å². The van der Waals surface area contributed by atoms with E-state index in [0.717, 1.165) is 34.2 Å². The van der Waals surface area contributed by atoms with Crippen LogP contribution in [0.1, 0.15) is 11.1 Å². The van der Waals surface area contributed by atoms with Gasteiger partial charge in [0.25, 0.3) is 8.03 Å². The zero-order chi connectivity index (χ0) is 14.9. The summed E-state index contributed by atoms with van der Waals surface area (Å²) in [5, 5.41) is 0.817. The molecule has 0 aromatic heterocycles. The molecule has 0 radical (unpaired) electrons. The van der Waals surface area contributed by atoms with E-state index in [-0.39, 0.29) is 0 Å². The molecule has 1 aliphatic heterocycles. The standard InChI is InChI=1S/C19H15O2P/c20-22-18-12-5-4-10-16(18)17-11-6-9-15(19(17)21-22)13-14-7-2-1-3-8-14/h1-12,22H,13H2. The van der Waals surface area contributed by atoms with Crippen LogP contribution in [0.15, 0.2) is 72.8 Å². The number of hydrogen-bond donors (Lipinski definition) is 0. The normalized spacial score (nSPS) is 15.5. The average molecular weight is 306 g/mol. The third-order valence-corrected chi connectivity index (χ3v) is 5.23. The van der Waals surface area contributed by atoms with E-state index in [2.05, 4.69) is 18.2 Å². The van der Waals surface area contributed by atoms with Gasteiger partial charge in [-0.05, 0) is 22.8 Å². The molecular formula is C19H15O2P. The average Bonchev–Trinajstić information content (AvgIpc) is 2.57. The Balaban J connectivity index is 1.84. The molecule has 0 spiro atoms. The van der Waals surface area contributed by atoms with E-state index < -0.39 is 8.03 Å². The minimum atomic E-state index is -2.23. The molecule has 1 atom stereocenters. The summed E-state index contributed by atoms with van der Waals surface area (Å²) in [6.45, 7) is 0. The zero-order valence-electron chi connectivity index (χ0n) is 12.0. The first-order valence-corrected chi connectivity index (χ1v) is 8.62. The minimum Gasteiger partial charge on any atom is -0.441 e. The molecule has 3 aromatic carbocycles. The lowest BCUT2D eigenvalue weighted by Gasteiger charge is -2.22. The van der Waals surface area contributed by atoms with E-state index in [1.54, 1.807) is 0 Å². The first kappa shape index (κ1) is 13.4. The molecule has 2 nitrogen and oxygen atoms in total.